The zero-order valence-electron chi connectivity index (χ0n) is 16.6. The van der Waals surface area contributed by atoms with Gasteiger partial charge in [0.1, 0.15) is 5.82 Å². The average molecular weight is 366 g/mol. The second kappa shape index (κ2) is 6.76. The van der Waals surface area contributed by atoms with Crippen molar-refractivity contribution in [2.24, 2.45) is 7.05 Å². The molecular weight excluding hydrogens is 340 g/mol. The molecule has 1 aromatic carbocycles. The van der Waals surface area contributed by atoms with Gasteiger partial charge in [0, 0.05) is 30.7 Å². The second-order valence-corrected chi connectivity index (χ2v) is 7.18. The summed E-state index contributed by atoms with van der Waals surface area (Å²) < 4.78 is 15.5. The van der Waals surface area contributed by atoms with E-state index in [0.717, 1.165) is 53.4 Å². The number of ether oxygens (including phenoxy) is 2. The molecule has 2 heterocycles. The lowest BCUT2D eigenvalue weighted by molar-refractivity contribution is 0.355. The van der Waals surface area contributed by atoms with Crippen molar-refractivity contribution in [2.45, 2.75) is 39.2 Å². The SMILES string of the molecule is COc1cc(C)cc(-c2nccn2C2CCCc3c2c(C)nn3C)c1OC. The van der Waals surface area contributed by atoms with Crippen molar-refractivity contribution in [1.82, 2.24) is 19.3 Å². The van der Waals surface area contributed by atoms with Crippen molar-refractivity contribution in [3.8, 4) is 22.9 Å². The first-order valence-corrected chi connectivity index (χ1v) is 9.33. The van der Waals surface area contributed by atoms with Gasteiger partial charge in [-0.2, -0.15) is 5.10 Å². The Morgan fingerprint density at radius 2 is 1.96 bits per heavy atom. The Labute approximate surface area is 159 Å². The van der Waals surface area contributed by atoms with E-state index in [9.17, 15) is 0 Å². The molecule has 0 bridgehead atoms. The Bertz CT molecular complexity index is 986. The summed E-state index contributed by atoms with van der Waals surface area (Å²) in [6.45, 7) is 4.16. The molecule has 0 radical (unpaired) electrons. The van der Waals surface area contributed by atoms with Gasteiger partial charge in [0.2, 0.25) is 0 Å². The normalized spacial score (nSPS) is 16.3. The molecule has 1 unspecified atom stereocenters. The number of rotatable bonds is 4. The molecule has 0 saturated carbocycles. The third-order valence-corrected chi connectivity index (χ3v) is 5.48. The molecule has 0 spiro atoms. The molecule has 2 aromatic heterocycles. The molecule has 142 valence electrons. The largest absolute Gasteiger partial charge is 0.493 e. The van der Waals surface area contributed by atoms with Crippen LogP contribution in [0, 0.1) is 13.8 Å². The maximum absolute atomic E-state index is 5.69. The molecule has 0 N–H and O–H groups in total. The fraction of sp³-hybridized carbons (Fsp3) is 0.429. The lowest BCUT2D eigenvalue weighted by Crippen LogP contribution is -2.19. The highest BCUT2D eigenvalue weighted by atomic mass is 16.5. The van der Waals surface area contributed by atoms with Gasteiger partial charge in [0.05, 0.1) is 31.5 Å². The number of hydrogen-bond acceptors (Lipinski definition) is 4. The van der Waals surface area contributed by atoms with Crippen LogP contribution in [0.25, 0.3) is 11.4 Å². The van der Waals surface area contributed by atoms with Crippen LogP contribution in [0.2, 0.25) is 0 Å². The van der Waals surface area contributed by atoms with E-state index in [1.807, 2.05) is 24.0 Å². The molecule has 1 aliphatic carbocycles. The summed E-state index contributed by atoms with van der Waals surface area (Å²) in [6.07, 6.45) is 7.23. The predicted octanol–water partition coefficient (Wildman–Crippen LogP) is 3.84. The minimum atomic E-state index is 0.233. The van der Waals surface area contributed by atoms with Crippen molar-refractivity contribution in [3.05, 3.63) is 47.0 Å². The van der Waals surface area contributed by atoms with E-state index in [0.29, 0.717) is 0 Å². The minimum Gasteiger partial charge on any atom is -0.493 e. The first kappa shape index (κ1) is 17.6. The molecule has 3 aromatic rings. The Morgan fingerprint density at radius 1 is 1.15 bits per heavy atom. The predicted molar refractivity (Wildman–Crippen MR) is 105 cm³/mol. The molecule has 6 heteroatoms. The monoisotopic (exact) mass is 366 g/mol. The molecular formula is C21H26N4O2. The number of hydrogen-bond donors (Lipinski definition) is 0. The Balaban J connectivity index is 1.89. The minimum absolute atomic E-state index is 0.233. The van der Waals surface area contributed by atoms with Gasteiger partial charge in [-0.25, -0.2) is 4.98 Å². The third kappa shape index (κ3) is 2.80. The van der Waals surface area contributed by atoms with Gasteiger partial charge in [-0.05, 0) is 50.8 Å². The number of benzene rings is 1. The zero-order valence-corrected chi connectivity index (χ0v) is 16.6. The number of imidazole rings is 1. The highest BCUT2D eigenvalue weighted by molar-refractivity contribution is 5.70. The van der Waals surface area contributed by atoms with Crippen molar-refractivity contribution in [2.75, 3.05) is 14.2 Å². The number of methoxy groups -OCH3 is 2. The van der Waals surface area contributed by atoms with Crippen LogP contribution in [-0.2, 0) is 13.5 Å². The van der Waals surface area contributed by atoms with E-state index < -0.39 is 0 Å². The Hall–Kier alpha value is -2.76. The van der Waals surface area contributed by atoms with E-state index in [4.69, 9.17) is 14.5 Å². The van der Waals surface area contributed by atoms with Crippen molar-refractivity contribution < 1.29 is 9.47 Å². The summed E-state index contributed by atoms with van der Waals surface area (Å²) in [6, 6.07) is 4.33. The van der Waals surface area contributed by atoms with E-state index in [1.165, 1.54) is 11.3 Å². The second-order valence-electron chi connectivity index (χ2n) is 7.18. The number of aryl methyl sites for hydroxylation is 3. The quantitative estimate of drug-likeness (QED) is 0.704. The topological polar surface area (TPSA) is 54.1 Å². The van der Waals surface area contributed by atoms with Gasteiger partial charge < -0.3 is 14.0 Å². The maximum Gasteiger partial charge on any atom is 0.171 e. The summed E-state index contributed by atoms with van der Waals surface area (Å²) >= 11 is 0. The lowest BCUT2D eigenvalue weighted by atomic mass is 9.90. The number of aromatic nitrogens is 4. The van der Waals surface area contributed by atoms with Gasteiger partial charge in [0.15, 0.2) is 11.5 Å². The molecule has 4 rings (SSSR count). The first-order valence-electron chi connectivity index (χ1n) is 9.33. The fourth-order valence-electron chi connectivity index (χ4n) is 4.38. The van der Waals surface area contributed by atoms with Crippen LogP contribution >= 0.6 is 0 Å². The summed E-state index contributed by atoms with van der Waals surface area (Å²) in [5, 5.41) is 4.67. The molecule has 6 nitrogen and oxygen atoms in total. The maximum atomic E-state index is 5.69. The molecule has 0 amide bonds. The summed E-state index contributed by atoms with van der Waals surface area (Å²) in [7, 11) is 5.38. The van der Waals surface area contributed by atoms with Crippen LogP contribution in [0.4, 0.5) is 0 Å². The van der Waals surface area contributed by atoms with Gasteiger partial charge >= 0.3 is 0 Å². The van der Waals surface area contributed by atoms with Crippen LogP contribution in [-0.4, -0.2) is 33.6 Å². The number of nitrogens with zero attached hydrogens (tertiary/aromatic N) is 4. The van der Waals surface area contributed by atoms with E-state index >= 15 is 0 Å². The summed E-state index contributed by atoms with van der Waals surface area (Å²) in [5.41, 5.74) is 5.83. The molecule has 1 aliphatic rings. The molecule has 27 heavy (non-hydrogen) atoms. The molecule has 0 saturated heterocycles. The van der Waals surface area contributed by atoms with E-state index in [1.54, 1.807) is 14.2 Å². The summed E-state index contributed by atoms with van der Waals surface area (Å²) in [4.78, 5) is 4.70. The molecule has 0 fully saturated rings. The highest BCUT2D eigenvalue weighted by Gasteiger charge is 2.29. The van der Waals surface area contributed by atoms with Crippen molar-refractivity contribution in [3.63, 3.8) is 0 Å². The van der Waals surface area contributed by atoms with Crippen molar-refractivity contribution >= 4 is 0 Å². The van der Waals surface area contributed by atoms with Gasteiger partial charge in [-0.15, -0.1) is 0 Å². The smallest absolute Gasteiger partial charge is 0.171 e. The lowest BCUT2D eigenvalue weighted by Gasteiger charge is -2.27. The van der Waals surface area contributed by atoms with Crippen molar-refractivity contribution in [1.29, 1.82) is 0 Å². The van der Waals surface area contributed by atoms with E-state index in [-0.39, 0.29) is 6.04 Å². The Kier molecular flexibility index (Phi) is 4.42. The van der Waals surface area contributed by atoms with Crippen LogP contribution < -0.4 is 9.47 Å². The molecule has 0 aliphatic heterocycles. The van der Waals surface area contributed by atoms with Crippen LogP contribution in [0.1, 0.15) is 41.4 Å². The average Bonchev–Trinajstić information content (AvgIpc) is 3.26. The highest BCUT2D eigenvalue weighted by Crippen LogP contribution is 2.42. The van der Waals surface area contributed by atoms with E-state index in [2.05, 4.69) is 35.8 Å². The van der Waals surface area contributed by atoms with Gasteiger partial charge in [0.25, 0.3) is 0 Å². The Morgan fingerprint density at radius 3 is 2.70 bits per heavy atom. The zero-order chi connectivity index (χ0) is 19.1. The van der Waals surface area contributed by atoms with Crippen LogP contribution in [0.5, 0.6) is 11.5 Å². The van der Waals surface area contributed by atoms with Crippen LogP contribution in [0.3, 0.4) is 0 Å². The standard InChI is InChI=1S/C21H26N4O2/c1-13-11-15(20(27-5)18(12-13)26-4)21-22-9-10-25(21)17-8-6-7-16-19(17)14(2)23-24(16)3/h9-12,17H,6-8H2,1-5H3. The fourth-order valence-corrected chi connectivity index (χ4v) is 4.38. The number of fused-ring (bicyclic) bond motifs is 1. The first-order chi connectivity index (χ1) is 13.0. The molecule has 1 atom stereocenters. The van der Waals surface area contributed by atoms with Gasteiger partial charge in [-0.1, -0.05) is 0 Å². The van der Waals surface area contributed by atoms with Gasteiger partial charge in [-0.3, -0.25) is 4.68 Å². The van der Waals surface area contributed by atoms with Crippen LogP contribution in [0.15, 0.2) is 24.5 Å². The summed E-state index contributed by atoms with van der Waals surface area (Å²) in [5.74, 6) is 2.34. The third-order valence-electron chi connectivity index (χ3n) is 5.48.